The third kappa shape index (κ3) is 9.58. The molecule has 0 aromatic carbocycles. The Morgan fingerprint density at radius 2 is 1.82 bits per heavy atom. The van der Waals surface area contributed by atoms with Crippen LogP contribution in [-0.2, 0) is 19.6 Å². The molecular weight excluding hydrogens is 330 g/mol. The Morgan fingerprint density at radius 3 is 2.23 bits per heavy atom. The normalized spacial score (nSPS) is 14.5. The highest BCUT2D eigenvalue weighted by Crippen LogP contribution is 2.14. The number of amides is 1. The molecular formula is C13H30ClN3O4S. The van der Waals surface area contributed by atoms with E-state index in [9.17, 15) is 13.2 Å². The number of halogens is 1. The Bertz CT molecular complexity index is 429. The van der Waals surface area contributed by atoms with Crippen molar-refractivity contribution in [3.8, 4) is 0 Å². The molecule has 0 bridgehead atoms. The molecule has 1 atom stereocenters. The van der Waals surface area contributed by atoms with Crippen LogP contribution in [0.4, 0.5) is 0 Å². The van der Waals surface area contributed by atoms with Gasteiger partial charge in [-0.25, -0.2) is 13.1 Å². The lowest BCUT2D eigenvalue weighted by Gasteiger charge is -2.33. The molecule has 22 heavy (non-hydrogen) atoms. The van der Waals surface area contributed by atoms with Crippen molar-refractivity contribution in [3.05, 3.63) is 0 Å². The average molecular weight is 360 g/mol. The van der Waals surface area contributed by atoms with E-state index in [-0.39, 0.29) is 49.9 Å². The van der Waals surface area contributed by atoms with Gasteiger partial charge in [0.25, 0.3) is 0 Å². The molecule has 134 valence electrons. The maximum absolute atomic E-state index is 11.8. The Morgan fingerprint density at radius 1 is 1.27 bits per heavy atom. The quantitative estimate of drug-likeness (QED) is 0.517. The predicted molar refractivity (Wildman–Crippen MR) is 90.6 cm³/mol. The first-order valence-electron chi connectivity index (χ1n) is 7.12. The molecule has 9 heteroatoms. The molecule has 1 unspecified atom stereocenters. The first-order valence-corrected chi connectivity index (χ1v) is 8.77. The molecule has 0 aromatic rings. The zero-order valence-electron chi connectivity index (χ0n) is 14.0. The summed E-state index contributed by atoms with van der Waals surface area (Å²) in [6.07, 6.45) is -0.0280. The van der Waals surface area contributed by atoms with Gasteiger partial charge in [-0.05, 0) is 26.7 Å². The van der Waals surface area contributed by atoms with Gasteiger partial charge in [0.1, 0.15) is 0 Å². The van der Waals surface area contributed by atoms with Crippen LogP contribution in [0.2, 0.25) is 0 Å². The Hall–Kier alpha value is -0.410. The SMILES string of the molecule is CC(C)OCCS(=O)(=O)NCC(=O)NC(C)(CN)C(C)C.Cl. The van der Waals surface area contributed by atoms with E-state index >= 15 is 0 Å². The first-order chi connectivity index (χ1) is 9.52. The minimum absolute atomic E-state index is 0. The largest absolute Gasteiger partial charge is 0.378 e. The van der Waals surface area contributed by atoms with E-state index in [2.05, 4.69) is 10.0 Å². The molecule has 0 aliphatic heterocycles. The summed E-state index contributed by atoms with van der Waals surface area (Å²) < 4.78 is 30.8. The number of nitrogens with one attached hydrogen (secondary N) is 2. The fourth-order valence-corrected chi connectivity index (χ4v) is 2.25. The summed E-state index contributed by atoms with van der Waals surface area (Å²) >= 11 is 0. The van der Waals surface area contributed by atoms with Crippen LogP contribution in [0.15, 0.2) is 0 Å². The number of ether oxygens (including phenoxy) is 1. The molecule has 0 radical (unpaired) electrons. The summed E-state index contributed by atoms with van der Waals surface area (Å²) in [5.74, 6) is -0.427. The number of carbonyl (C=O) groups is 1. The van der Waals surface area contributed by atoms with E-state index in [0.29, 0.717) is 0 Å². The predicted octanol–water partition coefficient (Wildman–Crippen LogP) is 0.242. The molecule has 4 N–H and O–H groups in total. The number of rotatable bonds is 10. The Kier molecular flexibility index (Phi) is 11.3. The van der Waals surface area contributed by atoms with Crippen LogP contribution >= 0.6 is 12.4 Å². The molecule has 0 rings (SSSR count). The van der Waals surface area contributed by atoms with Crippen molar-refractivity contribution in [3.63, 3.8) is 0 Å². The molecule has 0 fully saturated rings. The highest BCUT2D eigenvalue weighted by molar-refractivity contribution is 7.89. The number of hydrogen-bond donors (Lipinski definition) is 3. The van der Waals surface area contributed by atoms with Gasteiger partial charge in [0.15, 0.2) is 0 Å². The maximum Gasteiger partial charge on any atom is 0.235 e. The summed E-state index contributed by atoms with van der Waals surface area (Å²) in [4.78, 5) is 11.8. The second kappa shape index (κ2) is 10.4. The van der Waals surface area contributed by atoms with Crippen molar-refractivity contribution < 1.29 is 17.9 Å². The van der Waals surface area contributed by atoms with E-state index in [1.54, 1.807) is 0 Å². The molecule has 0 saturated heterocycles. The van der Waals surface area contributed by atoms with Gasteiger partial charge >= 0.3 is 0 Å². The molecule has 0 aromatic heterocycles. The Balaban J connectivity index is 0. The van der Waals surface area contributed by atoms with Gasteiger partial charge in [-0.3, -0.25) is 4.79 Å². The first kappa shape index (κ1) is 23.9. The van der Waals surface area contributed by atoms with Crippen molar-refractivity contribution in [1.29, 1.82) is 0 Å². The zero-order chi connectivity index (χ0) is 16.7. The van der Waals surface area contributed by atoms with Gasteiger partial charge in [0, 0.05) is 6.54 Å². The summed E-state index contributed by atoms with van der Waals surface area (Å²) in [6, 6.07) is 0. The Labute approximate surface area is 140 Å². The molecule has 1 amide bonds. The van der Waals surface area contributed by atoms with Crippen molar-refractivity contribution in [1.82, 2.24) is 10.0 Å². The van der Waals surface area contributed by atoms with Crippen LogP contribution in [0.3, 0.4) is 0 Å². The lowest BCUT2D eigenvalue weighted by atomic mass is 9.88. The fraction of sp³-hybridized carbons (Fsp3) is 0.923. The van der Waals surface area contributed by atoms with Crippen LogP contribution in [0.5, 0.6) is 0 Å². The lowest BCUT2D eigenvalue weighted by molar-refractivity contribution is -0.122. The van der Waals surface area contributed by atoms with Crippen LogP contribution < -0.4 is 15.8 Å². The molecule has 0 aliphatic carbocycles. The maximum atomic E-state index is 11.8. The second-order valence-electron chi connectivity index (χ2n) is 5.88. The van der Waals surface area contributed by atoms with Crippen LogP contribution in [0.1, 0.15) is 34.6 Å². The van der Waals surface area contributed by atoms with Gasteiger partial charge in [-0.1, -0.05) is 13.8 Å². The molecule has 0 saturated carbocycles. The van der Waals surface area contributed by atoms with Gasteiger partial charge in [-0.2, -0.15) is 0 Å². The minimum atomic E-state index is -3.52. The number of carbonyl (C=O) groups excluding carboxylic acids is 1. The van der Waals surface area contributed by atoms with Crippen LogP contribution in [-0.4, -0.2) is 51.4 Å². The molecule has 7 nitrogen and oxygen atoms in total. The van der Waals surface area contributed by atoms with Crippen molar-refractivity contribution in [2.45, 2.75) is 46.3 Å². The molecule has 0 spiro atoms. The summed E-state index contributed by atoms with van der Waals surface area (Å²) in [5, 5.41) is 2.77. The monoisotopic (exact) mass is 359 g/mol. The van der Waals surface area contributed by atoms with E-state index in [0.717, 1.165) is 0 Å². The van der Waals surface area contributed by atoms with Crippen molar-refractivity contribution >= 4 is 28.3 Å². The highest BCUT2D eigenvalue weighted by Gasteiger charge is 2.28. The van der Waals surface area contributed by atoms with E-state index in [4.69, 9.17) is 10.5 Å². The van der Waals surface area contributed by atoms with E-state index in [1.807, 2.05) is 34.6 Å². The van der Waals surface area contributed by atoms with Crippen LogP contribution in [0, 0.1) is 5.92 Å². The van der Waals surface area contributed by atoms with E-state index in [1.165, 1.54) is 0 Å². The van der Waals surface area contributed by atoms with Gasteiger partial charge in [0.2, 0.25) is 15.9 Å². The fourth-order valence-electron chi connectivity index (χ4n) is 1.43. The smallest absolute Gasteiger partial charge is 0.235 e. The van der Waals surface area contributed by atoms with Crippen molar-refractivity contribution in [2.75, 3.05) is 25.4 Å². The third-order valence-corrected chi connectivity index (χ3v) is 4.67. The molecule has 0 heterocycles. The lowest BCUT2D eigenvalue weighted by Crippen LogP contribution is -2.57. The van der Waals surface area contributed by atoms with Crippen molar-refractivity contribution in [2.24, 2.45) is 11.7 Å². The summed E-state index contributed by atoms with van der Waals surface area (Å²) in [5.41, 5.74) is 5.11. The summed E-state index contributed by atoms with van der Waals surface area (Å²) in [7, 11) is -3.52. The van der Waals surface area contributed by atoms with Gasteiger partial charge < -0.3 is 15.8 Å². The van der Waals surface area contributed by atoms with E-state index < -0.39 is 21.5 Å². The molecule has 0 aliphatic rings. The second-order valence-corrected chi connectivity index (χ2v) is 7.81. The number of nitrogens with two attached hydrogens (primary N) is 1. The number of hydrogen-bond acceptors (Lipinski definition) is 5. The third-order valence-electron chi connectivity index (χ3n) is 3.38. The highest BCUT2D eigenvalue weighted by atomic mass is 35.5. The van der Waals surface area contributed by atoms with Gasteiger partial charge in [-0.15, -0.1) is 12.4 Å². The van der Waals surface area contributed by atoms with Gasteiger partial charge in [0.05, 0.1) is 30.5 Å². The number of sulfonamides is 1. The summed E-state index contributed by atoms with van der Waals surface area (Å²) in [6.45, 7) is 9.46. The van der Waals surface area contributed by atoms with Crippen LogP contribution in [0.25, 0.3) is 0 Å². The average Bonchev–Trinajstić information content (AvgIpc) is 2.35. The zero-order valence-corrected chi connectivity index (χ0v) is 15.6. The minimum Gasteiger partial charge on any atom is -0.378 e. The standard InChI is InChI=1S/C13H29N3O4S.ClH/c1-10(2)13(5,9-14)16-12(17)8-15-21(18,19)7-6-20-11(3)4;/h10-11,15H,6-9,14H2,1-5H3,(H,16,17);1H. The topological polar surface area (TPSA) is 111 Å².